The molecule has 0 aliphatic carbocycles. The Morgan fingerprint density at radius 2 is 2.04 bits per heavy atom. The summed E-state index contributed by atoms with van der Waals surface area (Å²) in [6.07, 6.45) is 5.15. The molecule has 0 bridgehead atoms. The third-order valence-corrected chi connectivity index (χ3v) is 4.45. The van der Waals surface area contributed by atoms with E-state index >= 15 is 0 Å². The van der Waals surface area contributed by atoms with Crippen molar-refractivity contribution in [3.05, 3.63) is 47.9 Å². The Hall–Kier alpha value is -2.81. The van der Waals surface area contributed by atoms with Gasteiger partial charge in [-0.15, -0.1) is 10.2 Å². The molecule has 0 spiro atoms. The Balaban J connectivity index is 1.62. The molecule has 8 nitrogen and oxygen atoms in total. The molecule has 0 saturated heterocycles. The first-order chi connectivity index (χ1) is 12.5. The van der Waals surface area contributed by atoms with E-state index in [9.17, 15) is 4.79 Å². The van der Waals surface area contributed by atoms with Gasteiger partial charge in [0.25, 0.3) is 5.22 Å². The first-order valence-electron chi connectivity index (χ1n) is 7.99. The molecular weight excluding hydrogens is 352 g/mol. The minimum Gasteiger partial charge on any atom is -0.416 e. The van der Waals surface area contributed by atoms with Crippen LogP contribution in [0.1, 0.15) is 30.1 Å². The minimum absolute atomic E-state index is 0.129. The lowest BCUT2D eigenvalue weighted by Gasteiger charge is -2.16. The van der Waals surface area contributed by atoms with Gasteiger partial charge in [0.15, 0.2) is 5.82 Å². The number of carbonyl (C=O) groups is 1. The molecular formula is C17H18N6O2S. The van der Waals surface area contributed by atoms with Crippen molar-refractivity contribution in [2.45, 2.75) is 32.0 Å². The monoisotopic (exact) mass is 370 g/mol. The van der Waals surface area contributed by atoms with Crippen LogP contribution in [0.4, 0.5) is 0 Å². The summed E-state index contributed by atoms with van der Waals surface area (Å²) < 4.78 is 5.23. The molecule has 0 aliphatic rings. The fourth-order valence-corrected chi connectivity index (χ4v) is 2.98. The first-order valence-corrected chi connectivity index (χ1v) is 8.97. The predicted molar refractivity (Wildman–Crippen MR) is 96.3 cm³/mol. The van der Waals surface area contributed by atoms with E-state index in [1.54, 1.807) is 25.5 Å². The summed E-state index contributed by atoms with van der Waals surface area (Å²) in [6.45, 7) is 5.51. The van der Waals surface area contributed by atoms with Gasteiger partial charge in [0, 0.05) is 42.3 Å². The van der Waals surface area contributed by atoms with Crippen LogP contribution in [0, 0.1) is 13.8 Å². The van der Waals surface area contributed by atoms with Crippen molar-refractivity contribution < 1.29 is 9.21 Å². The van der Waals surface area contributed by atoms with E-state index in [1.165, 1.54) is 11.8 Å². The molecule has 26 heavy (non-hydrogen) atoms. The Kier molecular flexibility index (Phi) is 5.57. The number of nitrogens with one attached hydrogen (secondary N) is 1. The van der Waals surface area contributed by atoms with Crippen molar-refractivity contribution in [3.63, 3.8) is 0 Å². The van der Waals surface area contributed by atoms with E-state index in [4.69, 9.17) is 4.42 Å². The van der Waals surface area contributed by atoms with E-state index < -0.39 is 0 Å². The van der Waals surface area contributed by atoms with Crippen LogP contribution >= 0.6 is 11.8 Å². The third-order valence-electron chi connectivity index (χ3n) is 3.63. The maximum Gasteiger partial charge on any atom is 0.277 e. The molecule has 1 amide bonds. The van der Waals surface area contributed by atoms with Crippen LogP contribution in [-0.4, -0.2) is 36.8 Å². The first kappa shape index (κ1) is 18.0. The lowest BCUT2D eigenvalue weighted by molar-refractivity contribution is -0.119. The summed E-state index contributed by atoms with van der Waals surface area (Å²) in [4.78, 5) is 25.1. The van der Waals surface area contributed by atoms with Gasteiger partial charge in [0.1, 0.15) is 0 Å². The van der Waals surface area contributed by atoms with E-state index in [1.807, 2.05) is 26.0 Å². The number of hydrogen-bond acceptors (Lipinski definition) is 8. The van der Waals surface area contributed by atoms with Gasteiger partial charge in [-0.3, -0.25) is 9.78 Å². The predicted octanol–water partition coefficient (Wildman–Crippen LogP) is 2.51. The van der Waals surface area contributed by atoms with Crippen LogP contribution in [0.25, 0.3) is 11.4 Å². The second-order valence-electron chi connectivity index (χ2n) is 5.64. The quantitative estimate of drug-likeness (QED) is 0.660. The average Bonchev–Trinajstić information content (AvgIpc) is 3.06. The lowest BCUT2D eigenvalue weighted by Crippen LogP contribution is -2.29. The van der Waals surface area contributed by atoms with Gasteiger partial charge in [-0.2, -0.15) is 0 Å². The summed E-state index contributed by atoms with van der Waals surface area (Å²) in [5.74, 6) is 1.18. The fourth-order valence-electron chi connectivity index (χ4n) is 2.37. The van der Waals surface area contributed by atoms with Gasteiger partial charge in [0.2, 0.25) is 11.8 Å². The number of carbonyl (C=O) groups excluding carboxylic acids is 1. The number of nitrogens with zero attached hydrogens (tertiary/aromatic N) is 5. The SMILES string of the molecule is Cc1nnc(SCC(=O)NC(C)c2cnc(-c3ccncc3)nc2C)o1. The maximum atomic E-state index is 12.1. The molecule has 0 fully saturated rings. The Labute approximate surface area is 154 Å². The molecule has 1 unspecified atom stereocenters. The fraction of sp³-hybridized carbons (Fsp3) is 0.294. The summed E-state index contributed by atoms with van der Waals surface area (Å²) >= 11 is 1.20. The Bertz CT molecular complexity index is 899. The van der Waals surface area contributed by atoms with Gasteiger partial charge in [0.05, 0.1) is 11.8 Å². The van der Waals surface area contributed by atoms with Crippen LogP contribution in [-0.2, 0) is 4.79 Å². The number of aryl methyl sites for hydroxylation is 2. The van der Waals surface area contributed by atoms with Gasteiger partial charge < -0.3 is 9.73 Å². The Morgan fingerprint density at radius 3 is 2.69 bits per heavy atom. The third kappa shape index (κ3) is 4.42. The van der Waals surface area contributed by atoms with E-state index in [2.05, 4.69) is 30.5 Å². The van der Waals surface area contributed by atoms with Crippen LogP contribution < -0.4 is 5.32 Å². The average molecular weight is 370 g/mol. The second kappa shape index (κ2) is 8.05. The minimum atomic E-state index is -0.209. The van der Waals surface area contributed by atoms with Crippen molar-refractivity contribution >= 4 is 17.7 Å². The number of aromatic nitrogens is 5. The molecule has 3 aromatic rings. The van der Waals surface area contributed by atoms with E-state index in [0.717, 1.165) is 16.8 Å². The summed E-state index contributed by atoms with van der Waals surface area (Å²) in [6, 6.07) is 3.51. The standard InChI is InChI=1S/C17H18N6O2S/c1-10(20-15(24)9-26-17-23-22-12(3)25-17)14-8-19-16(21-11(14)2)13-4-6-18-7-5-13/h4-8,10H,9H2,1-3H3,(H,20,24). The molecule has 0 aromatic carbocycles. The van der Waals surface area contributed by atoms with Crippen molar-refractivity contribution in [2.24, 2.45) is 0 Å². The molecule has 3 rings (SSSR count). The number of thioether (sulfide) groups is 1. The highest BCUT2D eigenvalue weighted by atomic mass is 32.2. The maximum absolute atomic E-state index is 12.1. The molecule has 1 atom stereocenters. The van der Waals surface area contributed by atoms with Crippen molar-refractivity contribution in [2.75, 3.05) is 5.75 Å². The zero-order valence-electron chi connectivity index (χ0n) is 14.6. The number of pyridine rings is 1. The Morgan fingerprint density at radius 1 is 1.27 bits per heavy atom. The number of hydrogen-bond donors (Lipinski definition) is 1. The van der Waals surface area contributed by atoms with Gasteiger partial charge in [-0.1, -0.05) is 11.8 Å². The van der Waals surface area contributed by atoms with Gasteiger partial charge >= 0.3 is 0 Å². The van der Waals surface area contributed by atoms with Crippen LogP contribution in [0.5, 0.6) is 0 Å². The molecule has 134 valence electrons. The smallest absolute Gasteiger partial charge is 0.277 e. The molecule has 0 aliphatic heterocycles. The zero-order chi connectivity index (χ0) is 18.5. The van der Waals surface area contributed by atoms with Crippen molar-refractivity contribution in [3.8, 4) is 11.4 Å². The van der Waals surface area contributed by atoms with E-state index in [-0.39, 0.29) is 17.7 Å². The van der Waals surface area contributed by atoms with Crippen LogP contribution in [0.2, 0.25) is 0 Å². The molecule has 1 N–H and O–H groups in total. The normalized spacial score (nSPS) is 12.0. The highest BCUT2D eigenvalue weighted by molar-refractivity contribution is 7.99. The highest BCUT2D eigenvalue weighted by Crippen LogP contribution is 2.20. The summed E-state index contributed by atoms with van der Waals surface area (Å²) in [5.41, 5.74) is 2.59. The summed E-state index contributed by atoms with van der Waals surface area (Å²) in [5, 5.41) is 10.9. The highest BCUT2D eigenvalue weighted by Gasteiger charge is 2.15. The number of rotatable bonds is 6. The van der Waals surface area contributed by atoms with Gasteiger partial charge in [-0.05, 0) is 26.0 Å². The summed E-state index contributed by atoms with van der Waals surface area (Å²) in [7, 11) is 0. The van der Waals surface area contributed by atoms with Crippen molar-refractivity contribution in [1.29, 1.82) is 0 Å². The van der Waals surface area contributed by atoms with Crippen molar-refractivity contribution in [1.82, 2.24) is 30.5 Å². The molecule has 3 heterocycles. The molecule has 0 radical (unpaired) electrons. The molecule has 9 heteroatoms. The van der Waals surface area contributed by atoms with E-state index in [0.29, 0.717) is 16.9 Å². The van der Waals surface area contributed by atoms with Gasteiger partial charge in [-0.25, -0.2) is 9.97 Å². The number of amides is 1. The second-order valence-corrected chi connectivity index (χ2v) is 6.56. The zero-order valence-corrected chi connectivity index (χ0v) is 15.4. The lowest BCUT2D eigenvalue weighted by atomic mass is 10.1. The molecule has 0 saturated carbocycles. The van der Waals surface area contributed by atoms with Crippen LogP contribution in [0.15, 0.2) is 40.4 Å². The van der Waals surface area contributed by atoms with Crippen LogP contribution in [0.3, 0.4) is 0 Å². The topological polar surface area (TPSA) is 107 Å². The largest absolute Gasteiger partial charge is 0.416 e. The molecule has 3 aromatic heterocycles.